The van der Waals surface area contributed by atoms with Gasteiger partial charge < -0.3 is 9.63 Å². The second-order valence-electron chi connectivity index (χ2n) is 1.95. The van der Waals surface area contributed by atoms with Crippen molar-refractivity contribution in [1.82, 2.24) is 0 Å². The number of hydrogen-bond donors (Lipinski definition) is 1. The van der Waals surface area contributed by atoms with Gasteiger partial charge in [0.05, 0.1) is 0 Å². The molecular formula is C4H8Cl3O4P. The minimum atomic E-state index is -3.33. The largest absolute Gasteiger partial charge is 0.364 e. The van der Waals surface area contributed by atoms with Crippen molar-refractivity contribution < 1.29 is 18.7 Å². The van der Waals surface area contributed by atoms with Gasteiger partial charge >= 0.3 is 7.60 Å². The summed E-state index contributed by atoms with van der Waals surface area (Å²) in [5, 5.41) is 8.98. The molecule has 8 heteroatoms. The molecular weight excluding hydrogens is 249 g/mol. The second-order valence-corrected chi connectivity index (χ2v) is 6.44. The minimum absolute atomic E-state index is 1.15. The van der Waals surface area contributed by atoms with Crippen molar-refractivity contribution in [3.05, 3.63) is 0 Å². The lowest BCUT2D eigenvalue weighted by Crippen LogP contribution is -2.27. The number of aliphatic hydroxyl groups is 1. The van der Waals surface area contributed by atoms with Crippen molar-refractivity contribution in [2.45, 2.75) is 10.1 Å². The normalized spacial score (nSPS) is 20.2. The first kappa shape index (κ1) is 13.0. The third kappa shape index (κ3) is 4.87. The third-order valence-electron chi connectivity index (χ3n) is 0.903. The molecule has 0 heterocycles. The minimum Gasteiger partial charge on any atom is -0.364 e. The van der Waals surface area contributed by atoms with Crippen LogP contribution in [0.2, 0.25) is 0 Å². The Hall–Kier alpha value is 0.980. The van der Waals surface area contributed by atoms with E-state index in [-0.39, 0.29) is 0 Å². The van der Waals surface area contributed by atoms with Crippen LogP contribution in [0.15, 0.2) is 0 Å². The molecule has 0 saturated carbocycles. The van der Waals surface area contributed by atoms with Gasteiger partial charge in [0.15, 0.2) is 0 Å². The Morgan fingerprint density at radius 3 is 2.17 bits per heavy atom. The van der Waals surface area contributed by atoms with Crippen LogP contribution >= 0.6 is 42.4 Å². The first-order valence-corrected chi connectivity index (χ1v) is 5.88. The van der Waals surface area contributed by atoms with E-state index >= 15 is 0 Å². The van der Waals surface area contributed by atoms with Gasteiger partial charge in [-0.05, 0) is 0 Å². The fraction of sp³-hybridized carbons (Fsp3) is 1.00. The monoisotopic (exact) mass is 256 g/mol. The zero-order chi connectivity index (χ0) is 9.99. The summed E-state index contributed by atoms with van der Waals surface area (Å²) >= 11 is 15.7. The molecule has 12 heavy (non-hydrogen) atoms. The average Bonchev–Trinajstić information content (AvgIpc) is 1.85. The van der Waals surface area contributed by atoms with Crippen LogP contribution in [0.1, 0.15) is 0 Å². The van der Waals surface area contributed by atoms with Gasteiger partial charge in [0.25, 0.3) is 0 Å². The van der Waals surface area contributed by atoms with Crippen molar-refractivity contribution >= 4 is 42.4 Å². The average molecular weight is 257 g/mol. The summed E-state index contributed by atoms with van der Waals surface area (Å²) in [7, 11) is -2.17. The summed E-state index contributed by atoms with van der Waals surface area (Å²) < 4.78 is 17.9. The highest BCUT2D eigenvalue weighted by molar-refractivity contribution is 7.52. The Balaban J connectivity index is 4.19. The predicted octanol–water partition coefficient (Wildman–Crippen LogP) is 2.16. The van der Waals surface area contributed by atoms with Crippen molar-refractivity contribution in [3.8, 4) is 0 Å². The van der Waals surface area contributed by atoms with E-state index in [1.807, 2.05) is 0 Å². The van der Waals surface area contributed by atoms with Crippen LogP contribution in [-0.4, -0.2) is 29.0 Å². The summed E-state index contributed by atoms with van der Waals surface area (Å²) in [4.78, 5) is 0. The van der Waals surface area contributed by atoms with E-state index in [2.05, 4.69) is 9.05 Å². The van der Waals surface area contributed by atoms with E-state index in [4.69, 9.17) is 39.9 Å². The summed E-state index contributed by atoms with van der Waals surface area (Å²) in [5.74, 6) is 0. The molecule has 2 unspecified atom stereocenters. The van der Waals surface area contributed by atoms with Crippen LogP contribution in [0.25, 0.3) is 0 Å². The van der Waals surface area contributed by atoms with Gasteiger partial charge in [0, 0.05) is 13.8 Å². The first-order chi connectivity index (χ1) is 5.19. The molecule has 1 N–H and O–H groups in total. The van der Waals surface area contributed by atoms with Gasteiger partial charge in [-0.1, -0.05) is 34.8 Å². The van der Waals surface area contributed by atoms with E-state index in [0.29, 0.717) is 0 Å². The Morgan fingerprint density at radius 1 is 1.50 bits per heavy atom. The fourth-order valence-corrected chi connectivity index (χ4v) is 1.21. The Kier molecular flexibility index (Phi) is 4.83. The fourth-order valence-electron chi connectivity index (χ4n) is 0.284. The van der Waals surface area contributed by atoms with Crippen LogP contribution in [-0.2, 0) is 13.6 Å². The Labute approximate surface area is 85.2 Å². The van der Waals surface area contributed by atoms with Crippen molar-refractivity contribution in [2.24, 2.45) is 0 Å². The SMILES string of the molecule is COP(C)(=O)OC(O)C(Cl)(Cl)Cl. The number of halogens is 3. The molecule has 0 fully saturated rings. The number of rotatable bonds is 3. The molecule has 0 aliphatic heterocycles. The van der Waals surface area contributed by atoms with Crippen LogP contribution in [0, 0.1) is 0 Å². The third-order valence-corrected chi connectivity index (χ3v) is 2.71. The van der Waals surface area contributed by atoms with Crippen LogP contribution < -0.4 is 0 Å². The van der Waals surface area contributed by atoms with Gasteiger partial charge in [0.1, 0.15) is 0 Å². The number of aliphatic hydroxyl groups excluding tert-OH is 1. The van der Waals surface area contributed by atoms with E-state index in [1.54, 1.807) is 0 Å². The standard InChI is InChI=1S/C4H8Cl3O4P/c1-10-12(2,9)11-3(8)4(5,6)7/h3,8H,1-2H3. The molecule has 0 aliphatic carbocycles. The zero-order valence-corrected chi connectivity index (χ0v) is 9.49. The summed E-state index contributed by atoms with van der Waals surface area (Å²) in [5.41, 5.74) is 0. The molecule has 0 radical (unpaired) electrons. The summed E-state index contributed by atoms with van der Waals surface area (Å²) in [6, 6.07) is 0. The maximum Gasteiger partial charge on any atom is 0.329 e. The highest BCUT2D eigenvalue weighted by atomic mass is 35.6. The molecule has 0 amide bonds. The van der Waals surface area contributed by atoms with Crippen LogP contribution in [0.3, 0.4) is 0 Å². The quantitative estimate of drug-likeness (QED) is 0.478. The molecule has 0 aromatic heterocycles. The number of hydrogen-bond acceptors (Lipinski definition) is 4. The van der Waals surface area contributed by atoms with E-state index in [1.165, 1.54) is 0 Å². The molecule has 2 atom stereocenters. The molecule has 0 aromatic rings. The molecule has 0 aliphatic rings. The molecule has 0 spiro atoms. The van der Waals surface area contributed by atoms with Gasteiger partial charge in [-0.15, -0.1) is 0 Å². The van der Waals surface area contributed by atoms with Gasteiger partial charge in [-0.3, -0.25) is 9.09 Å². The molecule has 0 bridgehead atoms. The lowest BCUT2D eigenvalue weighted by atomic mass is 10.8. The maximum absolute atomic E-state index is 11.1. The number of alkyl halides is 3. The van der Waals surface area contributed by atoms with Gasteiger partial charge in [-0.2, -0.15) is 0 Å². The van der Waals surface area contributed by atoms with E-state index in [0.717, 1.165) is 13.8 Å². The molecule has 0 aromatic carbocycles. The van der Waals surface area contributed by atoms with Crippen LogP contribution in [0.4, 0.5) is 0 Å². The Morgan fingerprint density at radius 2 is 1.92 bits per heavy atom. The van der Waals surface area contributed by atoms with E-state index < -0.39 is 17.7 Å². The van der Waals surface area contributed by atoms with E-state index in [9.17, 15) is 4.57 Å². The Bertz CT molecular complexity index is 191. The topological polar surface area (TPSA) is 55.8 Å². The van der Waals surface area contributed by atoms with Crippen molar-refractivity contribution in [2.75, 3.05) is 13.8 Å². The summed E-state index contributed by atoms with van der Waals surface area (Å²) in [6.45, 7) is 1.15. The highest BCUT2D eigenvalue weighted by Gasteiger charge is 2.36. The molecule has 4 nitrogen and oxygen atoms in total. The second kappa shape index (κ2) is 4.47. The zero-order valence-electron chi connectivity index (χ0n) is 6.33. The lowest BCUT2D eigenvalue weighted by molar-refractivity contribution is -0.0214. The molecule has 0 rings (SSSR count). The highest BCUT2D eigenvalue weighted by Crippen LogP contribution is 2.47. The van der Waals surface area contributed by atoms with Gasteiger partial charge in [-0.25, -0.2) is 0 Å². The van der Waals surface area contributed by atoms with Crippen molar-refractivity contribution in [3.63, 3.8) is 0 Å². The lowest BCUT2D eigenvalue weighted by Gasteiger charge is -2.21. The predicted molar refractivity (Wildman–Crippen MR) is 47.9 cm³/mol. The smallest absolute Gasteiger partial charge is 0.329 e. The van der Waals surface area contributed by atoms with Gasteiger partial charge in [0.2, 0.25) is 10.1 Å². The molecule has 0 saturated heterocycles. The van der Waals surface area contributed by atoms with Crippen LogP contribution in [0.5, 0.6) is 0 Å². The summed E-state index contributed by atoms with van der Waals surface area (Å²) in [6.07, 6.45) is -1.78. The molecule has 74 valence electrons. The maximum atomic E-state index is 11.1. The van der Waals surface area contributed by atoms with Crippen molar-refractivity contribution in [1.29, 1.82) is 0 Å². The first-order valence-electron chi connectivity index (χ1n) is 2.75.